The van der Waals surface area contributed by atoms with Crippen LogP contribution in [-0.2, 0) is 17.8 Å². The lowest BCUT2D eigenvalue weighted by atomic mass is 9.96. The van der Waals surface area contributed by atoms with Crippen molar-refractivity contribution in [3.05, 3.63) is 28.2 Å². The molecular weight excluding hydrogens is 305 g/mol. The van der Waals surface area contributed by atoms with Crippen LogP contribution in [0.3, 0.4) is 0 Å². The number of amides is 1. The summed E-state index contributed by atoms with van der Waals surface area (Å²) in [5, 5.41) is 7.57. The Labute approximate surface area is 121 Å². The summed E-state index contributed by atoms with van der Waals surface area (Å²) in [4.78, 5) is 16.1. The van der Waals surface area contributed by atoms with Crippen LogP contribution in [0.4, 0.5) is 19.1 Å². The summed E-state index contributed by atoms with van der Waals surface area (Å²) in [6.07, 6.45) is -3.48. The summed E-state index contributed by atoms with van der Waals surface area (Å²) >= 11 is 1.65. The number of hydrogen-bond acceptors (Lipinski definition) is 4. The molecule has 0 saturated carbocycles. The number of rotatable bonds is 2. The minimum Gasteiger partial charge on any atom is -0.285 e. The standard InChI is InChI=1S/C12H11F3N4OS/c13-12(14,15)10(20)17-11-16-9-6-7(3-4-19(9)18-11)8-2-1-5-21-8/h1-2,5,7H,3-4,6H2,(H,17,18,20). The fourth-order valence-electron chi connectivity index (χ4n) is 2.30. The average molecular weight is 316 g/mol. The summed E-state index contributed by atoms with van der Waals surface area (Å²) < 4.78 is 38.1. The number of aromatic nitrogens is 3. The highest BCUT2D eigenvalue weighted by atomic mass is 32.1. The molecule has 1 aliphatic rings. The van der Waals surface area contributed by atoms with Crippen LogP contribution in [0.15, 0.2) is 17.5 Å². The largest absolute Gasteiger partial charge is 0.471 e. The van der Waals surface area contributed by atoms with E-state index >= 15 is 0 Å². The van der Waals surface area contributed by atoms with Crippen LogP contribution in [0.5, 0.6) is 0 Å². The Balaban J connectivity index is 1.74. The number of halogens is 3. The highest BCUT2D eigenvalue weighted by molar-refractivity contribution is 7.10. The van der Waals surface area contributed by atoms with Crippen LogP contribution in [-0.4, -0.2) is 26.8 Å². The van der Waals surface area contributed by atoms with Crippen LogP contribution in [0.2, 0.25) is 0 Å². The molecular formula is C12H11F3N4OS. The lowest BCUT2D eigenvalue weighted by Crippen LogP contribution is -2.30. The molecule has 5 nitrogen and oxygen atoms in total. The van der Waals surface area contributed by atoms with Gasteiger partial charge >= 0.3 is 12.1 Å². The Morgan fingerprint density at radius 3 is 2.95 bits per heavy atom. The first kappa shape index (κ1) is 14.1. The summed E-state index contributed by atoms with van der Waals surface area (Å²) in [6, 6.07) is 4.00. The summed E-state index contributed by atoms with van der Waals surface area (Å²) in [5.74, 6) is -1.45. The molecule has 0 radical (unpaired) electrons. The first-order valence-electron chi connectivity index (χ1n) is 6.29. The van der Waals surface area contributed by atoms with E-state index in [1.54, 1.807) is 21.3 Å². The van der Waals surface area contributed by atoms with E-state index in [0.29, 0.717) is 24.7 Å². The second-order valence-electron chi connectivity index (χ2n) is 4.73. The molecule has 2 aromatic rings. The van der Waals surface area contributed by atoms with Gasteiger partial charge in [-0.1, -0.05) is 6.07 Å². The van der Waals surface area contributed by atoms with Gasteiger partial charge in [-0.15, -0.1) is 16.4 Å². The minimum absolute atomic E-state index is 0.292. The number of alkyl halides is 3. The van der Waals surface area contributed by atoms with E-state index in [1.807, 2.05) is 17.5 Å². The van der Waals surface area contributed by atoms with Crippen molar-refractivity contribution in [1.29, 1.82) is 0 Å². The van der Waals surface area contributed by atoms with Crippen molar-refractivity contribution < 1.29 is 18.0 Å². The van der Waals surface area contributed by atoms with Crippen molar-refractivity contribution in [2.24, 2.45) is 0 Å². The first-order valence-corrected chi connectivity index (χ1v) is 7.17. The van der Waals surface area contributed by atoms with Gasteiger partial charge in [-0.25, -0.2) is 4.68 Å². The number of aryl methyl sites for hydroxylation is 1. The molecule has 1 N–H and O–H groups in total. The Kier molecular flexibility index (Phi) is 3.44. The quantitative estimate of drug-likeness (QED) is 0.926. The van der Waals surface area contributed by atoms with E-state index in [-0.39, 0.29) is 5.95 Å². The van der Waals surface area contributed by atoms with Gasteiger partial charge in [-0.2, -0.15) is 18.2 Å². The molecule has 3 heterocycles. The fraction of sp³-hybridized carbons (Fsp3) is 0.417. The topological polar surface area (TPSA) is 59.8 Å². The van der Waals surface area contributed by atoms with E-state index in [1.165, 1.54) is 4.88 Å². The molecule has 21 heavy (non-hydrogen) atoms. The fourth-order valence-corrected chi connectivity index (χ4v) is 3.16. The molecule has 2 aromatic heterocycles. The van der Waals surface area contributed by atoms with Crippen LogP contribution in [0.1, 0.15) is 23.0 Å². The first-order chi connectivity index (χ1) is 9.93. The second kappa shape index (κ2) is 5.14. The van der Waals surface area contributed by atoms with Crippen LogP contribution < -0.4 is 5.32 Å². The molecule has 9 heteroatoms. The van der Waals surface area contributed by atoms with Crippen molar-refractivity contribution in [2.45, 2.75) is 31.5 Å². The molecule has 1 atom stereocenters. The van der Waals surface area contributed by atoms with Gasteiger partial charge in [-0.3, -0.25) is 10.1 Å². The van der Waals surface area contributed by atoms with E-state index in [4.69, 9.17) is 0 Å². The van der Waals surface area contributed by atoms with Gasteiger partial charge in [0.2, 0.25) is 5.95 Å². The third kappa shape index (κ3) is 2.92. The maximum Gasteiger partial charge on any atom is 0.471 e. The normalized spacial score (nSPS) is 18.3. The van der Waals surface area contributed by atoms with Gasteiger partial charge in [0.25, 0.3) is 0 Å². The maximum absolute atomic E-state index is 12.2. The summed E-state index contributed by atoms with van der Waals surface area (Å²) in [5.41, 5.74) is 0. The predicted octanol–water partition coefficient (Wildman–Crippen LogP) is 2.57. The molecule has 3 rings (SSSR count). The van der Waals surface area contributed by atoms with Crippen molar-refractivity contribution >= 4 is 23.2 Å². The summed E-state index contributed by atoms with van der Waals surface area (Å²) in [6.45, 7) is 0.576. The van der Waals surface area contributed by atoms with Crippen molar-refractivity contribution in [3.63, 3.8) is 0 Å². The number of nitrogens with zero attached hydrogens (tertiary/aromatic N) is 3. The lowest BCUT2D eigenvalue weighted by molar-refractivity contribution is -0.167. The molecule has 1 amide bonds. The molecule has 112 valence electrons. The van der Waals surface area contributed by atoms with Crippen molar-refractivity contribution in [3.8, 4) is 0 Å². The van der Waals surface area contributed by atoms with Gasteiger partial charge in [-0.05, 0) is 17.9 Å². The monoisotopic (exact) mass is 316 g/mol. The van der Waals surface area contributed by atoms with Crippen LogP contribution in [0, 0.1) is 0 Å². The van der Waals surface area contributed by atoms with E-state index in [0.717, 1.165) is 6.42 Å². The van der Waals surface area contributed by atoms with Gasteiger partial charge < -0.3 is 0 Å². The Hall–Kier alpha value is -1.90. The number of anilines is 1. The molecule has 1 unspecified atom stereocenters. The molecule has 0 fully saturated rings. The van der Waals surface area contributed by atoms with Crippen LogP contribution >= 0.6 is 11.3 Å². The lowest BCUT2D eigenvalue weighted by Gasteiger charge is -2.20. The van der Waals surface area contributed by atoms with Crippen molar-refractivity contribution in [2.75, 3.05) is 5.32 Å². The highest BCUT2D eigenvalue weighted by Gasteiger charge is 2.39. The van der Waals surface area contributed by atoms with E-state index in [9.17, 15) is 18.0 Å². The number of thiophene rings is 1. The number of carbonyl (C=O) groups excluding carboxylic acids is 1. The Bertz CT molecular complexity index is 650. The van der Waals surface area contributed by atoms with Gasteiger partial charge in [0.05, 0.1) is 0 Å². The average Bonchev–Trinajstić information content (AvgIpc) is 3.05. The third-order valence-electron chi connectivity index (χ3n) is 3.30. The van der Waals surface area contributed by atoms with E-state index in [2.05, 4.69) is 10.1 Å². The van der Waals surface area contributed by atoms with Gasteiger partial charge in [0, 0.05) is 23.8 Å². The zero-order valence-electron chi connectivity index (χ0n) is 10.7. The highest BCUT2D eigenvalue weighted by Crippen LogP contribution is 2.31. The molecule has 0 saturated heterocycles. The second-order valence-corrected chi connectivity index (χ2v) is 5.71. The number of carbonyl (C=O) groups is 1. The zero-order chi connectivity index (χ0) is 15.0. The molecule has 0 aromatic carbocycles. The Morgan fingerprint density at radius 2 is 2.29 bits per heavy atom. The van der Waals surface area contributed by atoms with E-state index < -0.39 is 12.1 Å². The number of hydrogen-bond donors (Lipinski definition) is 1. The third-order valence-corrected chi connectivity index (χ3v) is 4.33. The predicted molar refractivity (Wildman–Crippen MR) is 70.1 cm³/mol. The number of nitrogens with one attached hydrogen (secondary N) is 1. The molecule has 0 aliphatic carbocycles. The van der Waals surface area contributed by atoms with Gasteiger partial charge in [0.15, 0.2) is 0 Å². The maximum atomic E-state index is 12.2. The zero-order valence-corrected chi connectivity index (χ0v) is 11.5. The van der Waals surface area contributed by atoms with Crippen LogP contribution in [0.25, 0.3) is 0 Å². The molecule has 1 aliphatic heterocycles. The number of fused-ring (bicyclic) bond motifs is 1. The Morgan fingerprint density at radius 1 is 1.48 bits per heavy atom. The smallest absolute Gasteiger partial charge is 0.285 e. The minimum atomic E-state index is -4.94. The molecule has 0 spiro atoms. The van der Waals surface area contributed by atoms with Crippen molar-refractivity contribution in [1.82, 2.24) is 14.8 Å². The summed E-state index contributed by atoms with van der Waals surface area (Å²) in [7, 11) is 0. The van der Waals surface area contributed by atoms with Gasteiger partial charge in [0.1, 0.15) is 5.82 Å². The SMILES string of the molecule is O=C(Nc1nc2n(n1)CCC(c1cccs1)C2)C(F)(F)F. The molecule has 0 bridgehead atoms.